The molecule has 8 bridgehead atoms. The van der Waals surface area contributed by atoms with Gasteiger partial charge in [-0.1, -0.05) is 84.9 Å². The lowest BCUT2D eigenvalue weighted by atomic mass is 10.1. The fraction of sp³-hybridized carbons (Fsp3) is 0.0294. The third-order valence-corrected chi connectivity index (χ3v) is 7.98. The van der Waals surface area contributed by atoms with Crippen LogP contribution in [0.15, 0.2) is 91.0 Å². The van der Waals surface area contributed by atoms with E-state index in [1.807, 2.05) is 72.8 Å². The number of hydrogen-bond donors (Lipinski definition) is 2. The van der Waals surface area contributed by atoms with Crippen molar-refractivity contribution in [2.45, 2.75) is 6.18 Å². The van der Waals surface area contributed by atoms with E-state index in [-0.39, 0.29) is 28.3 Å². The molecule has 5 heterocycles. The second-order valence-corrected chi connectivity index (χ2v) is 10.8. The number of fused-ring (bicyclic) bond motifs is 20. The second kappa shape index (κ2) is 9.75. The van der Waals surface area contributed by atoms with Gasteiger partial charge in [0.05, 0.1) is 5.39 Å². The molecule has 0 fully saturated rings. The first-order valence-electron chi connectivity index (χ1n) is 14.3. The number of hydrogen-bond acceptors (Lipinski definition) is 8. The number of ether oxygens (including phenoxy) is 1. The average Bonchev–Trinajstić information content (AvgIpc) is 3.80. The third-order valence-electron chi connectivity index (χ3n) is 7.98. The molecule has 9 rings (SSSR count). The molecule has 2 aliphatic heterocycles. The second-order valence-electron chi connectivity index (χ2n) is 10.8. The van der Waals surface area contributed by atoms with E-state index in [0.717, 1.165) is 16.3 Å². The summed E-state index contributed by atoms with van der Waals surface area (Å²) < 4.78 is 44.8. The summed E-state index contributed by atoms with van der Waals surface area (Å²) in [7, 11) is 0. The van der Waals surface area contributed by atoms with E-state index in [4.69, 9.17) is 34.6 Å². The van der Waals surface area contributed by atoms with Crippen molar-refractivity contribution < 1.29 is 22.7 Å². The van der Waals surface area contributed by atoms with Crippen LogP contribution < -0.4 is 4.74 Å². The first-order chi connectivity index (χ1) is 22.8. The number of halogens is 3. The minimum Gasteiger partial charge on any atom is -0.419 e. The SMILES string of the molecule is O=C(Oc1cccc2c3nc4nc(nc5[nH]c(nc6nc(nc([nH]3)c12)-c1ccccc1-6)c1ccccc51)-c1ccccc1-4)C(F)(F)F. The fourth-order valence-corrected chi connectivity index (χ4v) is 5.90. The third kappa shape index (κ3) is 4.24. The number of aromatic amines is 2. The minimum atomic E-state index is -5.21. The number of nitrogens with zero attached hydrogens (tertiary/aromatic N) is 6. The van der Waals surface area contributed by atoms with Crippen LogP contribution in [0.25, 0.3) is 89.7 Å². The van der Waals surface area contributed by atoms with Crippen molar-refractivity contribution in [1.82, 2.24) is 39.9 Å². The Kier molecular flexibility index (Phi) is 5.57. The number of alkyl halides is 3. The van der Waals surface area contributed by atoms with Crippen molar-refractivity contribution in [3.63, 3.8) is 0 Å². The summed E-state index contributed by atoms with van der Waals surface area (Å²) in [5.74, 6) is -1.37. The number of carbonyl (C=O) groups is 1. The summed E-state index contributed by atoms with van der Waals surface area (Å²) in [6.07, 6.45) is -5.21. The van der Waals surface area contributed by atoms with Gasteiger partial charge in [-0.2, -0.15) is 13.2 Å². The summed E-state index contributed by atoms with van der Waals surface area (Å²) >= 11 is 0. The molecule has 0 unspecified atom stereocenters. The van der Waals surface area contributed by atoms with E-state index in [0.29, 0.717) is 50.8 Å². The van der Waals surface area contributed by atoms with E-state index >= 15 is 0 Å². The van der Waals surface area contributed by atoms with E-state index in [9.17, 15) is 18.0 Å². The van der Waals surface area contributed by atoms with Gasteiger partial charge in [0.25, 0.3) is 0 Å². The predicted octanol–water partition coefficient (Wildman–Crippen LogP) is 7.34. The molecule has 4 aromatic carbocycles. The molecule has 10 nitrogen and oxygen atoms in total. The minimum absolute atomic E-state index is 0.0830. The van der Waals surface area contributed by atoms with Gasteiger partial charge in [-0.05, 0) is 6.07 Å². The van der Waals surface area contributed by atoms with Gasteiger partial charge in [-0.25, -0.2) is 34.7 Å². The van der Waals surface area contributed by atoms with Crippen molar-refractivity contribution in [3.8, 4) is 51.3 Å². The number of esters is 1. The van der Waals surface area contributed by atoms with E-state index in [1.54, 1.807) is 6.07 Å². The van der Waals surface area contributed by atoms with Crippen LogP contribution in [0.5, 0.6) is 5.75 Å². The van der Waals surface area contributed by atoms with Crippen molar-refractivity contribution >= 4 is 50.1 Å². The lowest BCUT2D eigenvalue weighted by Crippen LogP contribution is -2.28. The van der Waals surface area contributed by atoms with Gasteiger partial charge < -0.3 is 14.7 Å². The molecular formula is C34H17F3N8O2. The number of carbonyl (C=O) groups excluding carboxylic acids is 1. The Bertz CT molecular complexity index is 2640. The molecule has 3 aromatic heterocycles. The monoisotopic (exact) mass is 626 g/mol. The molecule has 0 spiro atoms. The van der Waals surface area contributed by atoms with Crippen molar-refractivity contribution in [3.05, 3.63) is 91.0 Å². The zero-order chi connectivity index (χ0) is 31.9. The van der Waals surface area contributed by atoms with Crippen LogP contribution in [0.3, 0.4) is 0 Å². The van der Waals surface area contributed by atoms with Crippen LogP contribution in [-0.4, -0.2) is 52.0 Å². The number of rotatable bonds is 1. The maximum absolute atomic E-state index is 13.3. The zero-order valence-electron chi connectivity index (χ0n) is 23.8. The first kappa shape index (κ1) is 26.9. The van der Waals surface area contributed by atoms with Gasteiger partial charge in [0.1, 0.15) is 28.3 Å². The fourth-order valence-electron chi connectivity index (χ4n) is 5.90. The summed E-state index contributed by atoms with van der Waals surface area (Å²) in [6.45, 7) is 0. The van der Waals surface area contributed by atoms with Crippen LogP contribution in [-0.2, 0) is 4.79 Å². The number of aromatic nitrogens is 8. The first-order valence-corrected chi connectivity index (χ1v) is 14.3. The highest BCUT2D eigenvalue weighted by Crippen LogP contribution is 2.38. The van der Waals surface area contributed by atoms with Crippen molar-refractivity contribution in [2.75, 3.05) is 0 Å². The molecule has 0 aliphatic carbocycles. The van der Waals surface area contributed by atoms with E-state index in [2.05, 4.69) is 9.97 Å². The summed E-state index contributed by atoms with van der Waals surface area (Å²) in [6, 6.07) is 26.9. The highest BCUT2D eigenvalue weighted by Gasteiger charge is 2.41. The normalized spacial score (nSPS) is 12.2. The molecule has 0 radical (unpaired) electrons. The van der Waals surface area contributed by atoms with Crippen LogP contribution in [0.2, 0.25) is 0 Å². The van der Waals surface area contributed by atoms with E-state index in [1.165, 1.54) is 12.1 Å². The van der Waals surface area contributed by atoms with Crippen molar-refractivity contribution in [1.29, 1.82) is 0 Å². The van der Waals surface area contributed by atoms with Gasteiger partial charge in [0.15, 0.2) is 23.3 Å². The maximum Gasteiger partial charge on any atom is 0.491 e. The smallest absolute Gasteiger partial charge is 0.419 e. The Hall–Kier alpha value is -6.50. The zero-order valence-corrected chi connectivity index (χ0v) is 23.8. The molecule has 13 heteroatoms. The molecule has 0 saturated heterocycles. The van der Waals surface area contributed by atoms with Gasteiger partial charge in [0, 0.05) is 38.4 Å². The lowest BCUT2D eigenvalue weighted by molar-refractivity contribution is -0.189. The van der Waals surface area contributed by atoms with Gasteiger partial charge >= 0.3 is 12.1 Å². The molecule has 226 valence electrons. The van der Waals surface area contributed by atoms with Crippen LogP contribution in [0.1, 0.15) is 0 Å². The largest absolute Gasteiger partial charge is 0.491 e. The molecule has 47 heavy (non-hydrogen) atoms. The van der Waals surface area contributed by atoms with Gasteiger partial charge in [-0.3, -0.25) is 0 Å². The standard InChI is InChI=1S/C34H17F3N8O2/c35-34(36,37)33(46)47-23-15-7-14-22-24(23)32-44-30-21-13-6-5-12-20(21)28(42-30)40-26-17-9-2-1-8-16(17)25(38-26)39-27-18-10-3-4-11-19(18)29(41-27)43-31(22)45-32/h1-15H,(H2,38,39,40,41,42,43,44,45). The molecular weight excluding hydrogens is 609 g/mol. The topological polar surface area (TPSA) is 135 Å². The molecule has 2 N–H and O–H groups in total. The summed E-state index contributed by atoms with van der Waals surface area (Å²) in [5, 5.41) is 2.12. The lowest BCUT2D eigenvalue weighted by Gasteiger charge is -2.07. The summed E-state index contributed by atoms with van der Waals surface area (Å²) in [4.78, 5) is 47.4. The molecule has 0 amide bonds. The molecule has 0 saturated carbocycles. The van der Waals surface area contributed by atoms with Crippen LogP contribution in [0, 0.1) is 0 Å². The predicted molar refractivity (Wildman–Crippen MR) is 168 cm³/mol. The van der Waals surface area contributed by atoms with E-state index < -0.39 is 12.1 Å². The Morgan fingerprint density at radius 3 is 1.40 bits per heavy atom. The highest BCUT2D eigenvalue weighted by molar-refractivity contribution is 6.09. The van der Waals surface area contributed by atoms with Gasteiger partial charge in [0.2, 0.25) is 0 Å². The Morgan fingerprint density at radius 1 is 0.511 bits per heavy atom. The summed E-state index contributed by atoms with van der Waals surface area (Å²) in [5.41, 5.74) is 4.17. The Labute approximate surface area is 261 Å². The quantitative estimate of drug-likeness (QED) is 0.143. The van der Waals surface area contributed by atoms with Crippen molar-refractivity contribution in [2.24, 2.45) is 0 Å². The average molecular weight is 627 g/mol. The van der Waals surface area contributed by atoms with Gasteiger partial charge in [-0.15, -0.1) is 0 Å². The molecule has 7 aromatic rings. The number of benzene rings is 4. The van der Waals surface area contributed by atoms with Crippen LogP contribution >= 0.6 is 0 Å². The number of nitrogens with one attached hydrogen (secondary N) is 2. The van der Waals surface area contributed by atoms with Crippen LogP contribution in [0.4, 0.5) is 13.2 Å². The molecule has 2 aliphatic rings. The molecule has 0 atom stereocenters. The Balaban J connectivity index is 1.46. The Morgan fingerprint density at radius 2 is 0.915 bits per heavy atom. The number of H-pyrrole nitrogens is 2. The maximum atomic E-state index is 13.3. The highest BCUT2D eigenvalue weighted by atomic mass is 19.4.